The van der Waals surface area contributed by atoms with E-state index in [1.807, 2.05) is 32.0 Å². The number of Topliss-reactive ketones (excluding diaryl/α,β-unsaturated/α-hetero) is 1. The fourth-order valence-electron chi connectivity index (χ4n) is 2.85. The van der Waals surface area contributed by atoms with Gasteiger partial charge in [0.05, 0.1) is 5.75 Å². The first-order valence-electron chi connectivity index (χ1n) is 7.01. The molecule has 1 aromatic carbocycles. The van der Waals surface area contributed by atoms with Gasteiger partial charge in [-0.25, -0.2) is 0 Å². The van der Waals surface area contributed by atoms with Gasteiger partial charge in [0.15, 0.2) is 5.78 Å². The zero-order chi connectivity index (χ0) is 13.8. The predicted octanol–water partition coefficient (Wildman–Crippen LogP) is 3.43. The largest absolute Gasteiger partial charge is 0.293 e. The van der Waals surface area contributed by atoms with Gasteiger partial charge in [0.1, 0.15) is 0 Å². The molecule has 0 heterocycles. The normalized spacial score (nSPS) is 17.6. The number of hydrogen-bond donors (Lipinski definition) is 0. The molecule has 1 fully saturated rings. The van der Waals surface area contributed by atoms with Gasteiger partial charge in [0, 0.05) is 22.1 Å². The van der Waals surface area contributed by atoms with Crippen molar-refractivity contribution in [1.82, 2.24) is 0 Å². The molecule has 0 saturated heterocycles. The molecule has 19 heavy (non-hydrogen) atoms. The van der Waals surface area contributed by atoms with Crippen LogP contribution in [0, 0.1) is 19.8 Å². The Morgan fingerprint density at radius 1 is 1.26 bits per heavy atom. The van der Waals surface area contributed by atoms with E-state index >= 15 is 0 Å². The van der Waals surface area contributed by atoms with Gasteiger partial charge >= 0.3 is 0 Å². The molecule has 1 aliphatic carbocycles. The molecule has 1 atom stereocenters. The number of carbonyl (C=O) groups excluding carboxylic acids is 1. The van der Waals surface area contributed by atoms with Crippen LogP contribution in [0.15, 0.2) is 18.2 Å². The third-order valence-electron chi connectivity index (χ3n) is 3.87. The highest BCUT2D eigenvalue weighted by Gasteiger charge is 2.20. The van der Waals surface area contributed by atoms with Crippen molar-refractivity contribution >= 4 is 16.6 Å². The van der Waals surface area contributed by atoms with Crippen LogP contribution in [0.25, 0.3) is 0 Å². The Kier molecular flexibility index (Phi) is 4.92. The van der Waals surface area contributed by atoms with E-state index in [2.05, 4.69) is 0 Å². The van der Waals surface area contributed by atoms with Gasteiger partial charge in [-0.1, -0.05) is 36.6 Å². The van der Waals surface area contributed by atoms with Crippen LogP contribution >= 0.6 is 0 Å². The molecule has 0 amide bonds. The van der Waals surface area contributed by atoms with E-state index in [1.54, 1.807) is 0 Å². The van der Waals surface area contributed by atoms with Gasteiger partial charge in [0.25, 0.3) is 0 Å². The molecule has 3 heteroatoms. The molecule has 0 bridgehead atoms. The van der Waals surface area contributed by atoms with Crippen LogP contribution in [0.3, 0.4) is 0 Å². The summed E-state index contributed by atoms with van der Waals surface area (Å²) in [4.78, 5) is 12.2. The summed E-state index contributed by atoms with van der Waals surface area (Å²) in [5.74, 6) is 1.48. The Hall–Kier alpha value is -0.960. The van der Waals surface area contributed by atoms with Crippen molar-refractivity contribution in [3.63, 3.8) is 0 Å². The van der Waals surface area contributed by atoms with Crippen molar-refractivity contribution in [1.29, 1.82) is 0 Å². The SMILES string of the molecule is Cc1ccc(C(=O)CS(=O)CC2CCCC2)c(C)c1. The third-order valence-corrected chi connectivity index (χ3v) is 5.30. The second-order valence-electron chi connectivity index (χ2n) is 5.64. The average Bonchev–Trinajstić information content (AvgIpc) is 2.81. The summed E-state index contributed by atoms with van der Waals surface area (Å²) in [7, 11) is -1.00. The van der Waals surface area contributed by atoms with Gasteiger partial charge < -0.3 is 0 Å². The van der Waals surface area contributed by atoms with E-state index in [1.165, 1.54) is 25.7 Å². The summed E-state index contributed by atoms with van der Waals surface area (Å²) >= 11 is 0. The van der Waals surface area contributed by atoms with Crippen molar-refractivity contribution in [3.8, 4) is 0 Å². The highest BCUT2D eigenvalue weighted by atomic mass is 32.2. The molecule has 0 aromatic heterocycles. The van der Waals surface area contributed by atoms with Crippen LogP contribution in [0.2, 0.25) is 0 Å². The second kappa shape index (κ2) is 6.47. The van der Waals surface area contributed by atoms with Crippen LogP contribution in [-0.2, 0) is 10.8 Å². The van der Waals surface area contributed by atoms with Crippen LogP contribution in [0.5, 0.6) is 0 Å². The van der Waals surface area contributed by atoms with Crippen LogP contribution < -0.4 is 0 Å². The quantitative estimate of drug-likeness (QED) is 0.773. The monoisotopic (exact) mass is 278 g/mol. The third kappa shape index (κ3) is 4.00. The van der Waals surface area contributed by atoms with Gasteiger partial charge in [-0.3, -0.25) is 9.00 Å². The van der Waals surface area contributed by atoms with Gasteiger partial charge in [-0.05, 0) is 38.2 Å². The average molecular weight is 278 g/mol. The van der Waals surface area contributed by atoms with E-state index in [0.717, 1.165) is 16.7 Å². The Morgan fingerprint density at radius 3 is 2.58 bits per heavy atom. The zero-order valence-corrected chi connectivity index (χ0v) is 12.6. The molecule has 1 aromatic rings. The maximum absolute atomic E-state index is 12.2. The van der Waals surface area contributed by atoms with Crippen molar-refractivity contribution in [2.75, 3.05) is 11.5 Å². The molecule has 0 spiro atoms. The number of rotatable bonds is 5. The molecular weight excluding hydrogens is 256 g/mol. The number of ketones is 1. The maximum Gasteiger partial charge on any atom is 0.175 e. The van der Waals surface area contributed by atoms with Gasteiger partial charge in [0.2, 0.25) is 0 Å². The van der Waals surface area contributed by atoms with Crippen molar-refractivity contribution in [2.45, 2.75) is 39.5 Å². The fourth-order valence-corrected chi connectivity index (χ4v) is 4.27. The van der Waals surface area contributed by atoms with E-state index < -0.39 is 10.8 Å². The number of aryl methyl sites for hydroxylation is 2. The topological polar surface area (TPSA) is 34.1 Å². The van der Waals surface area contributed by atoms with Crippen molar-refractivity contribution in [3.05, 3.63) is 34.9 Å². The first kappa shape index (κ1) is 14.4. The Balaban J connectivity index is 1.94. The lowest BCUT2D eigenvalue weighted by molar-refractivity contribution is 0.102. The Bertz CT molecular complexity index is 488. The molecule has 0 radical (unpaired) electrons. The first-order valence-corrected chi connectivity index (χ1v) is 8.50. The molecule has 2 rings (SSSR count). The highest BCUT2D eigenvalue weighted by molar-refractivity contribution is 7.85. The Morgan fingerprint density at radius 2 is 1.95 bits per heavy atom. The van der Waals surface area contributed by atoms with Crippen LogP contribution in [0.4, 0.5) is 0 Å². The smallest absolute Gasteiger partial charge is 0.175 e. The summed E-state index contributed by atoms with van der Waals surface area (Å²) in [6.07, 6.45) is 4.88. The van der Waals surface area contributed by atoms with Gasteiger partial charge in [-0.2, -0.15) is 0 Å². The summed E-state index contributed by atoms with van der Waals surface area (Å²) in [5.41, 5.74) is 2.87. The van der Waals surface area contributed by atoms with E-state index in [9.17, 15) is 9.00 Å². The lowest BCUT2D eigenvalue weighted by Crippen LogP contribution is -2.17. The van der Waals surface area contributed by atoms with Gasteiger partial charge in [-0.15, -0.1) is 0 Å². The summed E-state index contributed by atoms with van der Waals surface area (Å²) < 4.78 is 12.1. The number of hydrogen-bond acceptors (Lipinski definition) is 2. The minimum absolute atomic E-state index is 0.0221. The molecular formula is C16H22O2S. The lowest BCUT2D eigenvalue weighted by atomic mass is 10.0. The van der Waals surface area contributed by atoms with Crippen molar-refractivity contribution < 1.29 is 9.00 Å². The highest BCUT2D eigenvalue weighted by Crippen LogP contribution is 2.25. The standard InChI is InChI=1S/C16H22O2S/c1-12-7-8-15(13(2)9-12)16(17)11-19(18)10-14-5-3-4-6-14/h7-9,14H,3-6,10-11H2,1-2H3. The van der Waals surface area contributed by atoms with E-state index in [-0.39, 0.29) is 11.5 Å². The predicted molar refractivity (Wildman–Crippen MR) is 80.1 cm³/mol. The lowest BCUT2D eigenvalue weighted by Gasteiger charge is -2.09. The van der Waals surface area contributed by atoms with Crippen LogP contribution in [-0.4, -0.2) is 21.5 Å². The maximum atomic E-state index is 12.2. The van der Waals surface area contributed by atoms with E-state index in [0.29, 0.717) is 11.7 Å². The van der Waals surface area contributed by atoms with Crippen LogP contribution in [0.1, 0.15) is 47.2 Å². The molecule has 0 aliphatic heterocycles. The van der Waals surface area contributed by atoms with E-state index in [4.69, 9.17) is 0 Å². The molecule has 0 N–H and O–H groups in total. The number of carbonyl (C=O) groups is 1. The second-order valence-corrected chi connectivity index (χ2v) is 7.14. The summed E-state index contributed by atoms with van der Waals surface area (Å²) in [6.45, 7) is 3.96. The molecule has 1 aliphatic rings. The zero-order valence-electron chi connectivity index (χ0n) is 11.8. The fraction of sp³-hybridized carbons (Fsp3) is 0.562. The summed E-state index contributed by atoms with van der Waals surface area (Å²) in [5, 5.41) is 0. The van der Waals surface area contributed by atoms with Crippen molar-refractivity contribution in [2.24, 2.45) is 5.92 Å². The summed E-state index contributed by atoms with van der Waals surface area (Å²) in [6, 6.07) is 5.81. The Labute approximate surface area is 118 Å². The first-order chi connectivity index (χ1) is 9.06. The molecule has 104 valence electrons. The number of benzene rings is 1. The molecule has 2 nitrogen and oxygen atoms in total. The molecule has 1 saturated carbocycles. The minimum Gasteiger partial charge on any atom is -0.293 e. The molecule has 1 unspecified atom stereocenters. The minimum atomic E-state index is -1.00.